The summed E-state index contributed by atoms with van der Waals surface area (Å²) in [5, 5.41) is 4.59. The predicted octanol–water partition coefficient (Wildman–Crippen LogP) is 2.39. The molecular weight excluding hydrogens is 280 g/mol. The van der Waals surface area contributed by atoms with E-state index in [1.54, 1.807) is 24.3 Å². The van der Waals surface area contributed by atoms with Gasteiger partial charge in [0.05, 0.1) is 15.0 Å². The van der Waals surface area contributed by atoms with Crippen LogP contribution in [0, 0.1) is 6.92 Å². The third-order valence-corrected chi connectivity index (χ3v) is 5.12. The lowest BCUT2D eigenvalue weighted by molar-refractivity contribution is -0.113. The Kier molecular flexibility index (Phi) is 4.34. The number of thiophene rings is 1. The maximum Gasteiger partial charge on any atom is 0.237 e. The molecule has 2 aromatic rings. The summed E-state index contributed by atoms with van der Waals surface area (Å²) >= 11 is 1.39. The predicted molar refractivity (Wildman–Crippen MR) is 79.8 cm³/mol. The van der Waals surface area contributed by atoms with Gasteiger partial charge in [0.2, 0.25) is 5.91 Å². The first kappa shape index (κ1) is 13.8. The largest absolute Gasteiger partial charge is 0.399 e. The third-order valence-electron chi connectivity index (χ3n) is 2.51. The fourth-order valence-electron chi connectivity index (χ4n) is 1.60. The van der Waals surface area contributed by atoms with Gasteiger partial charge in [-0.05, 0) is 42.1 Å². The topological polar surface area (TPSA) is 72.2 Å². The Morgan fingerprint density at radius 2 is 2.21 bits per heavy atom. The van der Waals surface area contributed by atoms with Crippen LogP contribution in [-0.4, -0.2) is 15.9 Å². The molecule has 2 rings (SSSR count). The van der Waals surface area contributed by atoms with Crippen molar-refractivity contribution in [2.24, 2.45) is 0 Å². The number of nitrogens with two attached hydrogens (primary N) is 1. The summed E-state index contributed by atoms with van der Waals surface area (Å²) in [5.41, 5.74) is 7.88. The first-order valence-electron chi connectivity index (χ1n) is 5.64. The number of carbonyl (C=O) groups is 1. The minimum Gasteiger partial charge on any atom is -0.399 e. The van der Waals surface area contributed by atoms with Crippen molar-refractivity contribution in [2.75, 3.05) is 16.8 Å². The third kappa shape index (κ3) is 3.65. The summed E-state index contributed by atoms with van der Waals surface area (Å²) in [7, 11) is -1.29. The molecule has 0 aliphatic carbocycles. The number of nitrogen functional groups attached to an aromatic ring is 1. The van der Waals surface area contributed by atoms with Crippen molar-refractivity contribution in [2.45, 2.75) is 11.1 Å². The fraction of sp³-hybridized carbons (Fsp3) is 0.154. The van der Waals surface area contributed by atoms with Crippen LogP contribution in [0.3, 0.4) is 0 Å². The molecule has 3 N–H and O–H groups in total. The lowest BCUT2D eigenvalue weighted by Crippen LogP contribution is -2.19. The SMILES string of the molecule is Cc1cc(N)ccc1NC(=O)CS(=O)c1cccs1. The van der Waals surface area contributed by atoms with Gasteiger partial charge in [-0.15, -0.1) is 11.3 Å². The Morgan fingerprint density at radius 1 is 1.42 bits per heavy atom. The number of benzene rings is 1. The van der Waals surface area contributed by atoms with Crippen molar-refractivity contribution in [3.63, 3.8) is 0 Å². The summed E-state index contributed by atoms with van der Waals surface area (Å²) < 4.78 is 12.6. The van der Waals surface area contributed by atoms with Crippen LogP contribution in [0.1, 0.15) is 5.56 Å². The molecule has 1 unspecified atom stereocenters. The summed E-state index contributed by atoms with van der Waals surface area (Å²) in [6.07, 6.45) is 0. The quantitative estimate of drug-likeness (QED) is 0.850. The number of amides is 1. The van der Waals surface area contributed by atoms with Gasteiger partial charge in [0.25, 0.3) is 0 Å². The molecule has 0 fully saturated rings. The van der Waals surface area contributed by atoms with E-state index < -0.39 is 10.8 Å². The van der Waals surface area contributed by atoms with Gasteiger partial charge in [0, 0.05) is 11.4 Å². The molecule has 1 aromatic heterocycles. The van der Waals surface area contributed by atoms with E-state index in [0.717, 1.165) is 5.56 Å². The lowest BCUT2D eigenvalue weighted by atomic mass is 10.2. The van der Waals surface area contributed by atoms with Gasteiger partial charge >= 0.3 is 0 Å². The molecule has 1 heterocycles. The monoisotopic (exact) mass is 294 g/mol. The summed E-state index contributed by atoms with van der Waals surface area (Å²) in [5.74, 6) is -0.302. The number of hydrogen-bond acceptors (Lipinski definition) is 4. The van der Waals surface area contributed by atoms with Gasteiger partial charge in [-0.2, -0.15) is 0 Å². The highest BCUT2D eigenvalue weighted by Gasteiger charge is 2.12. The highest BCUT2D eigenvalue weighted by atomic mass is 32.2. The van der Waals surface area contributed by atoms with Crippen molar-refractivity contribution in [1.82, 2.24) is 0 Å². The molecule has 6 heteroatoms. The highest BCUT2D eigenvalue weighted by molar-refractivity contribution is 7.88. The van der Waals surface area contributed by atoms with Crippen LogP contribution in [0.5, 0.6) is 0 Å². The maximum atomic E-state index is 11.9. The van der Waals surface area contributed by atoms with Crippen LogP contribution >= 0.6 is 11.3 Å². The van der Waals surface area contributed by atoms with Crippen LogP contribution in [0.4, 0.5) is 11.4 Å². The molecule has 0 bridgehead atoms. The van der Waals surface area contributed by atoms with Crippen molar-refractivity contribution in [1.29, 1.82) is 0 Å². The Bertz CT molecular complexity index is 609. The Balaban J connectivity index is 2.00. The van der Waals surface area contributed by atoms with Crippen LogP contribution in [0.25, 0.3) is 0 Å². The van der Waals surface area contributed by atoms with Gasteiger partial charge in [-0.1, -0.05) is 6.07 Å². The first-order chi connectivity index (χ1) is 9.06. The number of anilines is 2. The lowest BCUT2D eigenvalue weighted by Gasteiger charge is -2.08. The zero-order valence-corrected chi connectivity index (χ0v) is 12.0. The molecule has 100 valence electrons. The average molecular weight is 294 g/mol. The number of carbonyl (C=O) groups excluding carboxylic acids is 1. The molecule has 0 aliphatic rings. The molecule has 4 nitrogen and oxygen atoms in total. The number of aryl methyl sites for hydroxylation is 1. The summed E-state index contributed by atoms with van der Waals surface area (Å²) in [6, 6.07) is 8.84. The highest BCUT2D eigenvalue weighted by Crippen LogP contribution is 2.18. The Labute approximate surface area is 118 Å². The van der Waals surface area contributed by atoms with E-state index in [0.29, 0.717) is 15.6 Å². The van der Waals surface area contributed by atoms with Crippen molar-refractivity contribution < 1.29 is 9.00 Å². The van der Waals surface area contributed by atoms with E-state index in [-0.39, 0.29) is 11.7 Å². The maximum absolute atomic E-state index is 11.9. The fourth-order valence-corrected chi connectivity index (χ4v) is 3.50. The Morgan fingerprint density at radius 3 is 2.84 bits per heavy atom. The molecule has 0 aliphatic heterocycles. The number of rotatable bonds is 4. The van der Waals surface area contributed by atoms with Gasteiger partial charge in [-0.25, -0.2) is 0 Å². The standard InChI is InChI=1S/C13H14N2O2S2/c1-9-7-10(14)4-5-11(9)15-12(16)8-19(17)13-3-2-6-18-13/h2-7H,8,14H2,1H3,(H,15,16). The molecule has 0 radical (unpaired) electrons. The second-order valence-electron chi connectivity index (χ2n) is 4.04. The smallest absolute Gasteiger partial charge is 0.237 e. The second kappa shape index (κ2) is 5.99. The van der Waals surface area contributed by atoms with Gasteiger partial charge in [0.1, 0.15) is 5.75 Å². The average Bonchev–Trinajstić information content (AvgIpc) is 2.86. The number of hydrogen-bond donors (Lipinski definition) is 2. The molecular formula is C13H14N2O2S2. The summed E-state index contributed by atoms with van der Waals surface area (Å²) in [4.78, 5) is 11.8. The molecule has 0 spiro atoms. The molecule has 1 amide bonds. The van der Waals surface area contributed by atoms with Gasteiger partial charge < -0.3 is 11.1 Å². The van der Waals surface area contributed by atoms with Crippen molar-refractivity contribution >= 4 is 39.4 Å². The molecule has 0 saturated carbocycles. The van der Waals surface area contributed by atoms with E-state index in [2.05, 4.69) is 5.32 Å². The minimum absolute atomic E-state index is 0.0374. The van der Waals surface area contributed by atoms with E-state index in [9.17, 15) is 9.00 Å². The van der Waals surface area contributed by atoms with Crippen LogP contribution < -0.4 is 11.1 Å². The van der Waals surface area contributed by atoms with Crippen molar-refractivity contribution in [3.8, 4) is 0 Å². The van der Waals surface area contributed by atoms with Gasteiger partial charge in [-0.3, -0.25) is 9.00 Å². The van der Waals surface area contributed by atoms with Crippen LogP contribution in [0.2, 0.25) is 0 Å². The van der Waals surface area contributed by atoms with Crippen LogP contribution in [0.15, 0.2) is 39.9 Å². The molecule has 19 heavy (non-hydrogen) atoms. The van der Waals surface area contributed by atoms with E-state index in [1.807, 2.05) is 18.4 Å². The normalized spacial score (nSPS) is 12.1. The number of nitrogens with one attached hydrogen (secondary N) is 1. The Hall–Kier alpha value is -1.66. The van der Waals surface area contributed by atoms with E-state index in [1.165, 1.54) is 11.3 Å². The van der Waals surface area contributed by atoms with Crippen LogP contribution in [-0.2, 0) is 15.6 Å². The van der Waals surface area contributed by atoms with Gasteiger partial charge in [0.15, 0.2) is 0 Å². The van der Waals surface area contributed by atoms with E-state index in [4.69, 9.17) is 5.73 Å². The second-order valence-corrected chi connectivity index (χ2v) is 6.67. The minimum atomic E-state index is -1.29. The molecule has 1 aromatic carbocycles. The van der Waals surface area contributed by atoms with Crippen molar-refractivity contribution in [3.05, 3.63) is 41.3 Å². The molecule has 1 atom stereocenters. The zero-order chi connectivity index (χ0) is 13.8. The first-order valence-corrected chi connectivity index (χ1v) is 7.84. The van der Waals surface area contributed by atoms with E-state index >= 15 is 0 Å². The zero-order valence-electron chi connectivity index (χ0n) is 10.4. The molecule has 0 saturated heterocycles. The summed E-state index contributed by atoms with van der Waals surface area (Å²) in [6.45, 7) is 1.86.